The van der Waals surface area contributed by atoms with Gasteiger partial charge in [-0.2, -0.15) is 0 Å². The van der Waals surface area contributed by atoms with Gasteiger partial charge >= 0.3 is 0 Å². The van der Waals surface area contributed by atoms with Crippen LogP contribution in [0.3, 0.4) is 0 Å². The van der Waals surface area contributed by atoms with Crippen LogP contribution in [0.2, 0.25) is 0 Å². The van der Waals surface area contributed by atoms with Gasteiger partial charge in [-0.1, -0.05) is 50.2 Å². The van der Waals surface area contributed by atoms with Gasteiger partial charge in [0.1, 0.15) is 5.75 Å². The largest absolute Gasteiger partial charge is 0.497 e. The Morgan fingerprint density at radius 3 is 2.65 bits per heavy atom. The first-order valence-electron chi connectivity index (χ1n) is 9.42. The van der Waals surface area contributed by atoms with Crippen molar-refractivity contribution in [2.45, 2.75) is 55.7 Å². The normalized spacial score (nSPS) is 23.8. The van der Waals surface area contributed by atoms with Crippen LogP contribution in [0.5, 0.6) is 5.75 Å². The SMILES string of the molecule is CCC(O)CC1(CC)CSc2cc(OC)ccc2C(c2ccccc2)N1. The molecule has 4 heteroatoms. The van der Waals surface area contributed by atoms with E-state index in [4.69, 9.17) is 4.74 Å². The van der Waals surface area contributed by atoms with Crippen molar-refractivity contribution in [3.8, 4) is 5.75 Å². The van der Waals surface area contributed by atoms with E-state index in [1.807, 2.05) is 24.8 Å². The first kappa shape index (κ1) is 19.3. The average molecular weight is 372 g/mol. The predicted octanol–water partition coefficient (Wildman–Crippen LogP) is 4.79. The number of hydrogen-bond acceptors (Lipinski definition) is 4. The number of nitrogens with one attached hydrogen (secondary N) is 1. The second kappa shape index (κ2) is 8.47. The van der Waals surface area contributed by atoms with Gasteiger partial charge in [0.15, 0.2) is 0 Å². The fourth-order valence-corrected chi connectivity index (χ4v) is 5.01. The van der Waals surface area contributed by atoms with E-state index in [2.05, 4.69) is 54.7 Å². The molecule has 3 rings (SSSR count). The van der Waals surface area contributed by atoms with Crippen LogP contribution in [0.25, 0.3) is 0 Å². The standard InChI is InChI=1S/C22H29NO2S/c1-4-17(24)14-22(5-2)15-26-20-13-18(25-3)11-12-19(20)21(23-22)16-9-7-6-8-10-16/h6-13,17,21,23-24H,4-5,14-15H2,1-3H3. The molecule has 0 saturated carbocycles. The molecule has 140 valence electrons. The van der Waals surface area contributed by atoms with Gasteiger partial charge in [-0.15, -0.1) is 11.8 Å². The summed E-state index contributed by atoms with van der Waals surface area (Å²) in [4.78, 5) is 1.26. The highest BCUT2D eigenvalue weighted by atomic mass is 32.2. The van der Waals surface area contributed by atoms with Gasteiger partial charge in [-0.3, -0.25) is 5.32 Å². The molecule has 1 aliphatic heterocycles. The number of rotatable bonds is 6. The number of aliphatic hydroxyl groups excluding tert-OH is 1. The molecule has 2 N–H and O–H groups in total. The molecular formula is C22H29NO2S. The lowest BCUT2D eigenvalue weighted by Gasteiger charge is -2.37. The summed E-state index contributed by atoms with van der Waals surface area (Å²) in [6.07, 6.45) is 2.24. The first-order chi connectivity index (χ1) is 12.6. The maximum absolute atomic E-state index is 10.4. The van der Waals surface area contributed by atoms with Crippen molar-refractivity contribution in [2.75, 3.05) is 12.9 Å². The van der Waals surface area contributed by atoms with E-state index in [0.717, 1.165) is 30.8 Å². The zero-order valence-corrected chi connectivity index (χ0v) is 16.7. The van der Waals surface area contributed by atoms with Crippen molar-refractivity contribution in [3.63, 3.8) is 0 Å². The van der Waals surface area contributed by atoms with Crippen LogP contribution in [0.4, 0.5) is 0 Å². The molecule has 26 heavy (non-hydrogen) atoms. The molecule has 2 aromatic carbocycles. The van der Waals surface area contributed by atoms with Crippen molar-refractivity contribution in [1.82, 2.24) is 5.32 Å². The molecule has 0 amide bonds. The maximum atomic E-state index is 10.4. The molecule has 1 heterocycles. The van der Waals surface area contributed by atoms with E-state index in [1.54, 1.807) is 7.11 Å². The number of thioether (sulfide) groups is 1. The Kier molecular flexibility index (Phi) is 6.28. The van der Waals surface area contributed by atoms with Crippen LogP contribution in [0, 0.1) is 0 Å². The molecule has 3 atom stereocenters. The average Bonchev–Trinajstić information content (AvgIpc) is 2.86. The zero-order chi connectivity index (χ0) is 18.6. The van der Waals surface area contributed by atoms with Gasteiger partial charge in [-0.05, 0) is 42.5 Å². The number of aliphatic hydroxyl groups is 1. The lowest BCUT2D eigenvalue weighted by Crippen LogP contribution is -2.50. The van der Waals surface area contributed by atoms with E-state index >= 15 is 0 Å². The lowest BCUT2D eigenvalue weighted by molar-refractivity contribution is 0.116. The zero-order valence-electron chi connectivity index (χ0n) is 15.9. The van der Waals surface area contributed by atoms with Gasteiger partial charge in [0, 0.05) is 16.2 Å². The predicted molar refractivity (Wildman–Crippen MR) is 109 cm³/mol. The monoisotopic (exact) mass is 371 g/mol. The minimum absolute atomic E-state index is 0.104. The van der Waals surface area contributed by atoms with Gasteiger partial charge in [0.05, 0.1) is 19.3 Å². The summed E-state index contributed by atoms with van der Waals surface area (Å²) in [5, 5.41) is 14.3. The summed E-state index contributed by atoms with van der Waals surface area (Å²) in [5.74, 6) is 1.82. The Labute approximate surface area is 161 Å². The van der Waals surface area contributed by atoms with E-state index < -0.39 is 0 Å². The number of fused-ring (bicyclic) bond motifs is 1. The Morgan fingerprint density at radius 1 is 1.23 bits per heavy atom. The molecule has 1 aliphatic rings. The molecule has 0 saturated heterocycles. The minimum Gasteiger partial charge on any atom is -0.497 e. The number of benzene rings is 2. The molecule has 0 spiro atoms. The lowest BCUT2D eigenvalue weighted by atomic mass is 9.87. The van der Waals surface area contributed by atoms with Gasteiger partial charge in [-0.25, -0.2) is 0 Å². The summed E-state index contributed by atoms with van der Waals surface area (Å²) in [7, 11) is 1.71. The third kappa shape index (κ3) is 4.08. The molecule has 0 bridgehead atoms. The Hall–Kier alpha value is -1.49. The van der Waals surface area contributed by atoms with Gasteiger partial charge in [0.2, 0.25) is 0 Å². The first-order valence-corrected chi connectivity index (χ1v) is 10.4. The highest BCUT2D eigenvalue weighted by Crippen LogP contribution is 2.42. The second-order valence-electron chi connectivity index (χ2n) is 7.08. The van der Waals surface area contributed by atoms with Crippen LogP contribution >= 0.6 is 11.8 Å². The van der Waals surface area contributed by atoms with E-state index in [-0.39, 0.29) is 17.7 Å². The quantitative estimate of drug-likeness (QED) is 0.766. The summed E-state index contributed by atoms with van der Waals surface area (Å²) in [6.45, 7) is 4.26. The molecule has 0 aliphatic carbocycles. The molecule has 0 radical (unpaired) electrons. The molecular weight excluding hydrogens is 342 g/mol. The highest BCUT2D eigenvalue weighted by molar-refractivity contribution is 7.99. The van der Waals surface area contributed by atoms with E-state index in [0.29, 0.717) is 0 Å². The third-order valence-electron chi connectivity index (χ3n) is 5.39. The fraction of sp³-hybridized carbons (Fsp3) is 0.455. The Morgan fingerprint density at radius 2 is 2.00 bits per heavy atom. The van der Waals surface area contributed by atoms with E-state index in [9.17, 15) is 5.11 Å². The molecule has 3 nitrogen and oxygen atoms in total. The number of hydrogen-bond donors (Lipinski definition) is 2. The Balaban J connectivity index is 2.05. The summed E-state index contributed by atoms with van der Waals surface area (Å²) < 4.78 is 5.45. The number of ether oxygens (including phenoxy) is 1. The van der Waals surface area contributed by atoms with Crippen molar-refractivity contribution in [3.05, 3.63) is 59.7 Å². The van der Waals surface area contributed by atoms with Crippen molar-refractivity contribution < 1.29 is 9.84 Å². The van der Waals surface area contributed by atoms with Crippen LogP contribution in [-0.2, 0) is 0 Å². The van der Waals surface area contributed by atoms with Crippen LogP contribution in [0.1, 0.15) is 50.3 Å². The number of methoxy groups -OCH3 is 1. The smallest absolute Gasteiger partial charge is 0.119 e. The molecule has 0 fully saturated rings. The molecule has 0 aromatic heterocycles. The van der Waals surface area contributed by atoms with Gasteiger partial charge in [0.25, 0.3) is 0 Å². The van der Waals surface area contributed by atoms with Gasteiger partial charge < -0.3 is 9.84 Å². The molecule has 3 unspecified atom stereocenters. The van der Waals surface area contributed by atoms with Crippen molar-refractivity contribution in [1.29, 1.82) is 0 Å². The molecule has 2 aromatic rings. The fourth-order valence-electron chi connectivity index (χ4n) is 3.62. The van der Waals surface area contributed by atoms with Crippen molar-refractivity contribution >= 4 is 11.8 Å². The third-order valence-corrected chi connectivity index (χ3v) is 6.75. The van der Waals surface area contributed by atoms with Crippen LogP contribution in [0.15, 0.2) is 53.4 Å². The maximum Gasteiger partial charge on any atom is 0.119 e. The summed E-state index contributed by atoms with van der Waals surface area (Å²) in [5.41, 5.74) is 2.43. The minimum atomic E-state index is -0.282. The topological polar surface area (TPSA) is 41.5 Å². The second-order valence-corrected chi connectivity index (χ2v) is 8.10. The van der Waals surface area contributed by atoms with Crippen LogP contribution < -0.4 is 10.1 Å². The summed E-state index contributed by atoms with van der Waals surface area (Å²) >= 11 is 1.87. The van der Waals surface area contributed by atoms with Crippen molar-refractivity contribution in [2.24, 2.45) is 0 Å². The summed E-state index contributed by atoms with van der Waals surface area (Å²) in [6, 6.07) is 17.1. The van der Waals surface area contributed by atoms with Crippen LogP contribution in [-0.4, -0.2) is 29.6 Å². The Bertz CT molecular complexity index is 721. The van der Waals surface area contributed by atoms with E-state index in [1.165, 1.54) is 16.0 Å². The highest BCUT2D eigenvalue weighted by Gasteiger charge is 2.37.